The zero-order valence-corrected chi connectivity index (χ0v) is 17.5. The monoisotopic (exact) mass is 401 g/mol. The normalized spacial score (nSPS) is 16.2. The molecule has 0 saturated carbocycles. The number of rotatable bonds is 7. The van der Waals surface area contributed by atoms with Crippen molar-refractivity contribution in [3.8, 4) is 10.6 Å². The van der Waals surface area contributed by atoms with Gasteiger partial charge < -0.3 is 9.80 Å². The maximum Gasteiger partial charge on any atom is 0.249 e. The third kappa shape index (κ3) is 4.67. The van der Waals surface area contributed by atoms with Crippen LogP contribution >= 0.6 is 11.3 Å². The Morgan fingerprint density at radius 3 is 2.68 bits per heavy atom. The quantitative estimate of drug-likeness (QED) is 0.769. The van der Waals surface area contributed by atoms with E-state index in [0.29, 0.717) is 24.5 Å². The number of hydrogen-bond donors (Lipinski definition) is 1. The van der Waals surface area contributed by atoms with Crippen LogP contribution in [-0.2, 0) is 9.59 Å². The fourth-order valence-corrected chi connectivity index (χ4v) is 4.04. The Morgan fingerprint density at radius 2 is 2.00 bits per heavy atom. The van der Waals surface area contributed by atoms with E-state index in [1.165, 1.54) is 11.3 Å². The molecule has 150 valence electrons. The highest BCUT2D eigenvalue weighted by Crippen LogP contribution is 2.28. The molecule has 7 nitrogen and oxygen atoms in total. The summed E-state index contributed by atoms with van der Waals surface area (Å²) in [5.74, 6) is -0.105. The van der Waals surface area contributed by atoms with E-state index in [2.05, 4.69) is 22.4 Å². The number of nitrogens with zero attached hydrogens (tertiary/aromatic N) is 4. The third-order valence-corrected chi connectivity index (χ3v) is 5.79. The van der Waals surface area contributed by atoms with Crippen molar-refractivity contribution in [3.05, 3.63) is 24.3 Å². The minimum absolute atomic E-state index is 0.0680. The van der Waals surface area contributed by atoms with Crippen molar-refractivity contribution in [3.63, 3.8) is 0 Å². The van der Waals surface area contributed by atoms with E-state index in [9.17, 15) is 9.59 Å². The van der Waals surface area contributed by atoms with Crippen molar-refractivity contribution in [1.29, 1.82) is 0 Å². The number of aromatic nitrogens is 2. The van der Waals surface area contributed by atoms with Crippen LogP contribution in [0.15, 0.2) is 24.3 Å². The van der Waals surface area contributed by atoms with Crippen LogP contribution in [0.25, 0.3) is 10.6 Å². The first-order valence-corrected chi connectivity index (χ1v) is 10.5. The fraction of sp³-hybridized carbons (Fsp3) is 0.500. The summed E-state index contributed by atoms with van der Waals surface area (Å²) < 4.78 is 0. The first kappa shape index (κ1) is 20.3. The molecule has 2 aromatic rings. The molecule has 1 aliphatic rings. The molecule has 8 heteroatoms. The molecular formula is C20H27N5O2S. The van der Waals surface area contributed by atoms with Gasteiger partial charge in [-0.3, -0.25) is 14.9 Å². The Morgan fingerprint density at radius 1 is 1.25 bits per heavy atom. The number of anilines is 2. The SMILES string of the molecule is CCCCC(=O)N1CCC[C@@H]1C(=O)Nc1nnc(-c2ccc(N(C)C)cc2)s1. The summed E-state index contributed by atoms with van der Waals surface area (Å²) in [6, 6.07) is 7.62. The number of carbonyl (C=O) groups excluding carboxylic acids is 2. The standard InChI is InChI=1S/C20H27N5O2S/c1-4-5-8-17(26)25-13-6-7-16(25)18(27)21-20-23-22-19(28-20)14-9-11-15(12-10-14)24(2)3/h9-12,16H,4-8,13H2,1-3H3,(H,21,23,27)/t16-/m1/s1. The van der Waals surface area contributed by atoms with Gasteiger partial charge in [0.2, 0.25) is 16.9 Å². The number of carbonyl (C=O) groups is 2. The summed E-state index contributed by atoms with van der Waals surface area (Å²) in [6.07, 6.45) is 3.89. The van der Waals surface area contributed by atoms with E-state index in [0.717, 1.165) is 35.5 Å². The van der Waals surface area contributed by atoms with E-state index < -0.39 is 6.04 Å². The topological polar surface area (TPSA) is 78.4 Å². The van der Waals surface area contributed by atoms with Gasteiger partial charge in [0.1, 0.15) is 11.0 Å². The van der Waals surface area contributed by atoms with Crippen molar-refractivity contribution >= 4 is 34.0 Å². The van der Waals surface area contributed by atoms with E-state index in [-0.39, 0.29) is 11.8 Å². The first-order valence-electron chi connectivity index (χ1n) is 9.71. The van der Waals surface area contributed by atoms with Gasteiger partial charge in [-0.25, -0.2) is 0 Å². The number of unbranched alkanes of at least 4 members (excludes halogenated alkanes) is 1. The van der Waals surface area contributed by atoms with Gasteiger partial charge in [-0.05, 0) is 43.5 Å². The van der Waals surface area contributed by atoms with Crippen LogP contribution in [0.5, 0.6) is 0 Å². The Bertz CT molecular complexity index is 818. The average Bonchev–Trinajstić information content (AvgIpc) is 3.35. The van der Waals surface area contributed by atoms with Crippen molar-refractivity contribution in [2.24, 2.45) is 0 Å². The lowest BCUT2D eigenvalue weighted by Gasteiger charge is -2.23. The van der Waals surface area contributed by atoms with Gasteiger partial charge in [-0.1, -0.05) is 24.7 Å². The smallest absolute Gasteiger partial charge is 0.249 e. The molecule has 1 aromatic heterocycles. The van der Waals surface area contributed by atoms with Crippen molar-refractivity contribution in [1.82, 2.24) is 15.1 Å². The van der Waals surface area contributed by atoms with Gasteiger partial charge >= 0.3 is 0 Å². The third-order valence-electron chi connectivity index (χ3n) is 4.91. The zero-order valence-electron chi connectivity index (χ0n) is 16.6. The summed E-state index contributed by atoms with van der Waals surface area (Å²) in [4.78, 5) is 28.8. The largest absolute Gasteiger partial charge is 0.378 e. The van der Waals surface area contributed by atoms with E-state index in [4.69, 9.17) is 0 Å². The van der Waals surface area contributed by atoms with Gasteiger partial charge in [0, 0.05) is 38.3 Å². The lowest BCUT2D eigenvalue weighted by Crippen LogP contribution is -2.43. The second kappa shape index (κ2) is 9.14. The molecule has 0 radical (unpaired) electrons. The number of benzene rings is 1. The number of likely N-dealkylation sites (tertiary alicyclic amines) is 1. The maximum absolute atomic E-state index is 12.7. The molecule has 0 spiro atoms. The highest BCUT2D eigenvalue weighted by atomic mass is 32.1. The van der Waals surface area contributed by atoms with Gasteiger partial charge in [0.15, 0.2) is 0 Å². The van der Waals surface area contributed by atoms with E-state index in [1.54, 1.807) is 4.90 Å². The summed E-state index contributed by atoms with van der Waals surface area (Å²) >= 11 is 1.34. The minimum atomic E-state index is -0.406. The van der Waals surface area contributed by atoms with Crippen molar-refractivity contribution in [2.75, 3.05) is 30.9 Å². The lowest BCUT2D eigenvalue weighted by molar-refractivity contribution is -0.136. The van der Waals surface area contributed by atoms with Crippen LogP contribution in [0, 0.1) is 0 Å². The molecular weight excluding hydrogens is 374 g/mol. The Hall–Kier alpha value is -2.48. The average molecular weight is 402 g/mol. The molecule has 2 amide bonds. The molecule has 1 N–H and O–H groups in total. The minimum Gasteiger partial charge on any atom is -0.378 e. The molecule has 1 saturated heterocycles. The molecule has 0 aliphatic carbocycles. The molecule has 3 rings (SSSR count). The lowest BCUT2D eigenvalue weighted by atomic mass is 10.2. The molecule has 1 fully saturated rings. The van der Waals surface area contributed by atoms with Crippen molar-refractivity contribution < 1.29 is 9.59 Å². The molecule has 1 aliphatic heterocycles. The molecule has 0 bridgehead atoms. The van der Waals surface area contributed by atoms with Crippen LogP contribution < -0.4 is 10.2 Å². The summed E-state index contributed by atoms with van der Waals surface area (Å²) in [5.41, 5.74) is 2.07. The zero-order chi connectivity index (χ0) is 20.1. The van der Waals surface area contributed by atoms with Gasteiger partial charge in [-0.2, -0.15) is 0 Å². The van der Waals surface area contributed by atoms with Crippen LogP contribution in [0.4, 0.5) is 10.8 Å². The highest BCUT2D eigenvalue weighted by Gasteiger charge is 2.34. The van der Waals surface area contributed by atoms with E-state index >= 15 is 0 Å². The van der Waals surface area contributed by atoms with Gasteiger partial charge in [-0.15, -0.1) is 10.2 Å². The fourth-order valence-electron chi connectivity index (χ4n) is 3.29. The van der Waals surface area contributed by atoms with Crippen LogP contribution in [-0.4, -0.2) is 53.6 Å². The van der Waals surface area contributed by atoms with Crippen LogP contribution in [0.1, 0.15) is 39.0 Å². The molecule has 28 heavy (non-hydrogen) atoms. The summed E-state index contributed by atoms with van der Waals surface area (Å²) in [7, 11) is 3.99. The Balaban J connectivity index is 1.64. The van der Waals surface area contributed by atoms with Crippen LogP contribution in [0.2, 0.25) is 0 Å². The predicted octanol–water partition coefficient (Wildman–Crippen LogP) is 3.39. The molecule has 1 atom stereocenters. The number of hydrogen-bond acceptors (Lipinski definition) is 6. The highest BCUT2D eigenvalue weighted by molar-refractivity contribution is 7.18. The first-order chi connectivity index (χ1) is 13.5. The summed E-state index contributed by atoms with van der Waals surface area (Å²) in [6.45, 7) is 2.71. The van der Waals surface area contributed by atoms with Gasteiger partial charge in [0.05, 0.1) is 0 Å². The maximum atomic E-state index is 12.7. The number of nitrogens with one attached hydrogen (secondary N) is 1. The van der Waals surface area contributed by atoms with Crippen molar-refractivity contribution in [2.45, 2.75) is 45.1 Å². The molecule has 0 unspecified atom stereocenters. The summed E-state index contributed by atoms with van der Waals surface area (Å²) in [5, 5.41) is 12.4. The van der Waals surface area contributed by atoms with E-state index in [1.807, 2.05) is 43.3 Å². The Labute approximate surface area is 169 Å². The molecule has 2 heterocycles. The predicted molar refractivity (Wildman–Crippen MR) is 113 cm³/mol. The van der Waals surface area contributed by atoms with Crippen LogP contribution in [0.3, 0.4) is 0 Å². The number of amides is 2. The Kier molecular flexibility index (Phi) is 6.61. The second-order valence-electron chi connectivity index (χ2n) is 7.19. The molecule has 1 aromatic carbocycles. The van der Waals surface area contributed by atoms with Gasteiger partial charge in [0.25, 0.3) is 0 Å². The second-order valence-corrected chi connectivity index (χ2v) is 8.17.